The molecule has 1 aromatic rings. The predicted octanol–water partition coefficient (Wildman–Crippen LogP) is 2.57. The van der Waals surface area contributed by atoms with E-state index in [2.05, 4.69) is 22.9 Å². The number of hydrogen-bond acceptors (Lipinski definition) is 5. The molecule has 1 atom stereocenters. The number of amides is 2. The number of likely N-dealkylation sites (N-methyl/N-ethyl adjacent to an activating group) is 1. The molecule has 0 saturated carbocycles. The maximum atomic E-state index is 13.1. The highest BCUT2D eigenvalue weighted by atomic mass is 16.6. The third kappa shape index (κ3) is 4.98. The quantitative estimate of drug-likeness (QED) is 0.798. The molecule has 2 N–H and O–H groups in total. The van der Waals surface area contributed by atoms with Crippen molar-refractivity contribution in [3.05, 3.63) is 58.8 Å². The molecular weight excluding hydrogens is 368 g/mol. The molecule has 1 saturated heterocycles. The van der Waals surface area contributed by atoms with Crippen LogP contribution in [0.15, 0.2) is 53.3 Å². The van der Waals surface area contributed by atoms with Crippen LogP contribution in [0.1, 0.15) is 33.3 Å². The molecule has 1 fully saturated rings. The van der Waals surface area contributed by atoms with E-state index in [-0.39, 0.29) is 18.6 Å². The van der Waals surface area contributed by atoms with Crippen molar-refractivity contribution in [1.82, 2.24) is 20.7 Å². The lowest BCUT2D eigenvalue weighted by Gasteiger charge is -2.30. The summed E-state index contributed by atoms with van der Waals surface area (Å²) < 4.78 is 5.32. The van der Waals surface area contributed by atoms with Gasteiger partial charge in [0.2, 0.25) is 0 Å². The van der Waals surface area contributed by atoms with Gasteiger partial charge in [-0.25, -0.2) is 10.2 Å². The van der Waals surface area contributed by atoms with Crippen LogP contribution in [-0.4, -0.2) is 53.8 Å². The Hall–Kier alpha value is -2.80. The van der Waals surface area contributed by atoms with E-state index in [9.17, 15) is 9.59 Å². The minimum absolute atomic E-state index is 0.0498. The maximum Gasteiger partial charge on any atom is 0.407 e. The first-order valence-corrected chi connectivity index (χ1v) is 9.88. The van der Waals surface area contributed by atoms with Crippen molar-refractivity contribution in [2.75, 3.05) is 20.1 Å². The van der Waals surface area contributed by atoms with Gasteiger partial charge in [0.05, 0.1) is 5.57 Å². The van der Waals surface area contributed by atoms with Gasteiger partial charge >= 0.3 is 6.09 Å². The number of ether oxygens (including phenoxy) is 1. The maximum absolute atomic E-state index is 13.1. The molecule has 2 amide bonds. The summed E-state index contributed by atoms with van der Waals surface area (Å²) in [6, 6.07) is 10.1. The van der Waals surface area contributed by atoms with Gasteiger partial charge in [-0.15, -0.1) is 0 Å². The Bertz CT molecular complexity index is 839. The zero-order valence-electron chi connectivity index (χ0n) is 17.8. The number of nitrogens with zero attached hydrogens (tertiary/aromatic N) is 2. The average Bonchev–Trinajstić information content (AvgIpc) is 2.96. The number of hydrazine groups is 1. The minimum atomic E-state index is -0.568. The van der Waals surface area contributed by atoms with E-state index in [4.69, 9.17) is 4.74 Å². The zero-order valence-corrected chi connectivity index (χ0v) is 17.8. The molecule has 2 aliphatic rings. The van der Waals surface area contributed by atoms with E-state index < -0.39 is 11.7 Å². The van der Waals surface area contributed by atoms with Gasteiger partial charge in [0.15, 0.2) is 0 Å². The molecule has 7 heteroatoms. The number of hydrogen-bond donors (Lipinski definition) is 2. The lowest BCUT2D eigenvalue weighted by Crippen LogP contribution is -2.45. The second-order valence-electron chi connectivity index (χ2n) is 8.45. The van der Waals surface area contributed by atoms with Crippen LogP contribution in [0.3, 0.4) is 0 Å². The third-order valence-corrected chi connectivity index (χ3v) is 4.91. The Balaban J connectivity index is 1.73. The highest BCUT2D eigenvalue weighted by Gasteiger charge is 2.40. The van der Waals surface area contributed by atoms with Crippen LogP contribution in [0.25, 0.3) is 0 Å². The first-order valence-electron chi connectivity index (χ1n) is 9.88. The highest BCUT2D eigenvalue weighted by Crippen LogP contribution is 2.30. The van der Waals surface area contributed by atoms with Gasteiger partial charge in [-0.2, -0.15) is 0 Å². The number of alkyl carbamates (subject to hydrolysis) is 1. The first kappa shape index (κ1) is 20.9. The molecule has 0 aromatic heterocycles. The molecule has 0 bridgehead atoms. The molecule has 2 aliphatic heterocycles. The van der Waals surface area contributed by atoms with Gasteiger partial charge in [0, 0.05) is 26.3 Å². The van der Waals surface area contributed by atoms with Gasteiger partial charge in [-0.1, -0.05) is 30.3 Å². The molecule has 0 aliphatic carbocycles. The van der Waals surface area contributed by atoms with Gasteiger partial charge in [0.1, 0.15) is 11.8 Å². The van der Waals surface area contributed by atoms with Crippen molar-refractivity contribution < 1.29 is 14.3 Å². The molecule has 2 heterocycles. The summed E-state index contributed by atoms with van der Waals surface area (Å²) in [6.45, 7) is 8.23. The largest absolute Gasteiger partial charge is 0.444 e. The molecular formula is C22H30N4O3. The van der Waals surface area contributed by atoms with Crippen LogP contribution >= 0.6 is 0 Å². The minimum Gasteiger partial charge on any atom is -0.444 e. The van der Waals surface area contributed by atoms with Crippen molar-refractivity contribution in [3.8, 4) is 0 Å². The summed E-state index contributed by atoms with van der Waals surface area (Å²) in [7, 11) is 1.94. The van der Waals surface area contributed by atoms with E-state index in [1.807, 2.05) is 64.0 Å². The smallest absolute Gasteiger partial charge is 0.407 e. The Labute approximate surface area is 172 Å². The molecule has 1 aromatic carbocycles. The molecule has 0 radical (unpaired) electrons. The van der Waals surface area contributed by atoms with Crippen molar-refractivity contribution in [1.29, 1.82) is 0 Å². The summed E-state index contributed by atoms with van der Waals surface area (Å²) in [5.41, 5.74) is 6.38. The Morgan fingerprint density at radius 2 is 1.93 bits per heavy atom. The monoisotopic (exact) mass is 398 g/mol. The van der Waals surface area contributed by atoms with E-state index in [0.29, 0.717) is 12.1 Å². The van der Waals surface area contributed by atoms with Crippen LogP contribution in [0.2, 0.25) is 0 Å². The standard InChI is InChI=1S/C22H30N4O3/c1-15-14-25(5)19-18(17(15)13-23-21(28)29-22(2,3)4)20(27)26(24-19)12-11-16-9-7-6-8-10-16/h6-10,14,19,24H,11-13H2,1-5H3,(H,23,28). The summed E-state index contributed by atoms with van der Waals surface area (Å²) >= 11 is 0. The zero-order chi connectivity index (χ0) is 21.2. The van der Waals surface area contributed by atoms with Crippen molar-refractivity contribution in [2.45, 2.75) is 45.9 Å². The van der Waals surface area contributed by atoms with Crippen molar-refractivity contribution >= 4 is 12.0 Å². The first-order chi connectivity index (χ1) is 13.7. The Morgan fingerprint density at radius 3 is 2.59 bits per heavy atom. The van der Waals surface area contributed by atoms with Gasteiger partial charge < -0.3 is 15.0 Å². The number of rotatable bonds is 5. The molecule has 1 unspecified atom stereocenters. The van der Waals surface area contributed by atoms with Gasteiger partial charge in [-0.3, -0.25) is 9.80 Å². The molecule has 7 nitrogen and oxygen atoms in total. The summed E-state index contributed by atoms with van der Waals surface area (Å²) in [6.07, 6.45) is 2.02. The fourth-order valence-corrected chi connectivity index (χ4v) is 3.55. The second-order valence-corrected chi connectivity index (χ2v) is 8.45. The SMILES string of the molecule is CC1=CN(C)C2NN(CCc3ccccc3)C(=O)C2=C1CNC(=O)OC(C)(C)C. The fraction of sp³-hybridized carbons (Fsp3) is 0.455. The normalized spacial score (nSPS) is 19.3. The molecule has 3 rings (SSSR count). The van der Waals surface area contributed by atoms with Crippen LogP contribution < -0.4 is 10.7 Å². The molecule has 156 valence electrons. The van der Waals surface area contributed by atoms with Crippen molar-refractivity contribution in [2.24, 2.45) is 0 Å². The second kappa shape index (κ2) is 8.29. The summed E-state index contributed by atoms with van der Waals surface area (Å²) in [4.78, 5) is 27.2. The lowest BCUT2D eigenvalue weighted by molar-refractivity contribution is -0.126. The fourth-order valence-electron chi connectivity index (χ4n) is 3.55. The van der Waals surface area contributed by atoms with Crippen molar-refractivity contribution in [3.63, 3.8) is 0 Å². The van der Waals surface area contributed by atoms with Gasteiger partial charge in [0.25, 0.3) is 5.91 Å². The van der Waals surface area contributed by atoms with Crippen LogP contribution in [0, 0.1) is 0 Å². The molecule has 0 spiro atoms. The molecule has 29 heavy (non-hydrogen) atoms. The predicted molar refractivity (Wildman–Crippen MR) is 112 cm³/mol. The van der Waals surface area contributed by atoms with E-state index in [0.717, 1.165) is 17.6 Å². The number of benzene rings is 1. The Kier molecular flexibility index (Phi) is 5.98. The van der Waals surface area contributed by atoms with Crippen LogP contribution in [-0.2, 0) is 16.0 Å². The number of fused-ring (bicyclic) bond motifs is 1. The third-order valence-electron chi connectivity index (χ3n) is 4.91. The van der Waals surface area contributed by atoms with E-state index in [1.165, 1.54) is 5.56 Å². The summed E-state index contributed by atoms with van der Waals surface area (Å²) in [5.74, 6) is -0.0498. The van der Waals surface area contributed by atoms with Crippen LogP contribution in [0.5, 0.6) is 0 Å². The van der Waals surface area contributed by atoms with Crippen LogP contribution in [0.4, 0.5) is 4.79 Å². The topological polar surface area (TPSA) is 73.9 Å². The number of nitrogens with one attached hydrogen (secondary N) is 2. The summed E-state index contributed by atoms with van der Waals surface area (Å²) in [5, 5.41) is 4.45. The van der Waals surface area contributed by atoms with E-state index >= 15 is 0 Å². The van der Waals surface area contributed by atoms with Gasteiger partial charge in [-0.05, 0) is 50.8 Å². The highest BCUT2D eigenvalue weighted by molar-refractivity contribution is 5.98. The Morgan fingerprint density at radius 1 is 1.24 bits per heavy atom. The number of carbonyl (C=O) groups is 2. The average molecular weight is 399 g/mol. The number of carbonyl (C=O) groups excluding carboxylic acids is 2. The van der Waals surface area contributed by atoms with E-state index in [1.54, 1.807) is 5.01 Å². The lowest BCUT2D eigenvalue weighted by atomic mass is 9.96.